The van der Waals surface area contributed by atoms with Crippen LogP contribution in [0.15, 0.2) is 36.5 Å². The maximum Gasteiger partial charge on any atom is 0.352 e. The van der Waals surface area contributed by atoms with E-state index in [9.17, 15) is 4.79 Å². The first-order valence-electron chi connectivity index (χ1n) is 4.45. The van der Waals surface area contributed by atoms with Crippen molar-refractivity contribution in [2.75, 3.05) is 0 Å². The SMILES string of the molecule is O=C(O)c1cc(I)cn1-c1ccc(Cl)cc1. The molecule has 2 aromatic rings. The van der Waals surface area contributed by atoms with Gasteiger partial charge < -0.3 is 9.67 Å². The summed E-state index contributed by atoms with van der Waals surface area (Å²) in [6.07, 6.45) is 1.77. The first-order valence-corrected chi connectivity index (χ1v) is 5.91. The third-order valence-corrected chi connectivity index (χ3v) is 2.95. The van der Waals surface area contributed by atoms with Crippen molar-refractivity contribution in [1.82, 2.24) is 4.57 Å². The Morgan fingerprint density at radius 3 is 2.50 bits per heavy atom. The van der Waals surface area contributed by atoms with Crippen LogP contribution in [0.25, 0.3) is 5.69 Å². The van der Waals surface area contributed by atoms with Crippen LogP contribution in [0.1, 0.15) is 10.5 Å². The number of nitrogens with zero attached hydrogens (tertiary/aromatic N) is 1. The molecule has 0 unspecified atom stereocenters. The van der Waals surface area contributed by atoms with E-state index in [0.717, 1.165) is 9.26 Å². The number of aromatic nitrogens is 1. The second-order valence-electron chi connectivity index (χ2n) is 3.20. The Labute approximate surface area is 111 Å². The molecule has 1 N–H and O–H groups in total. The molecular formula is C11H7ClINO2. The highest BCUT2D eigenvalue weighted by Crippen LogP contribution is 2.19. The van der Waals surface area contributed by atoms with Crippen LogP contribution in [0, 0.1) is 3.57 Å². The summed E-state index contributed by atoms with van der Waals surface area (Å²) in [5, 5.41) is 9.67. The van der Waals surface area contributed by atoms with E-state index in [-0.39, 0.29) is 5.69 Å². The first kappa shape index (κ1) is 11.5. The van der Waals surface area contributed by atoms with Gasteiger partial charge in [0.15, 0.2) is 0 Å². The fourth-order valence-electron chi connectivity index (χ4n) is 1.41. The molecule has 2 rings (SSSR count). The number of rotatable bonds is 2. The number of hydrogen-bond donors (Lipinski definition) is 1. The number of halogens is 2. The molecule has 3 nitrogen and oxygen atoms in total. The smallest absolute Gasteiger partial charge is 0.352 e. The number of benzene rings is 1. The Morgan fingerprint density at radius 1 is 1.31 bits per heavy atom. The van der Waals surface area contributed by atoms with Crippen molar-refractivity contribution in [2.24, 2.45) is 0 Å². The van der Waals surface area contributed by atoms with E-state index >= 15 is 0 Å². The molecule has 0 saturated heterocycles. The van der Waals surface area contributed by atoms with Gasteiger partial charge in [-0.25, -0.2) is 4.79 Å². The van der Waals surface area contributed by atoms with Gasteiger partial charge in [-0.2, -0.15) is 0 Å². The van der Waals surface area contributed by atoms with Crippen LogP contribution in [-0.4, -0.2) is 15.6 Å². The van der Waals surface area contributed by atoms with E-state index in [4.69, 9.17) is 16.7 Å². The second-order valence-corrected chi connectivity index (χ2v) is 4.88. The summed E-state index contributed by atoms with van der Waals surface area (Å²) in [7, 11) is 0. The average molecular weight is 348 g/mol. The Kier molecular flexibility index (Phi) is 3.20. The first-order chi connectivity index (χ1) is 7.58. The highest BCUT2D eigenvalue weighted by Gasteiger charge is 2.12. The van der Waals surface area contributed by atoms with Crippen molar-refractivity contribution in [3.05, 3.63) is 50.8 Å². The lowest BCUT2D eigenvalue weighted by molar-refractivity contribution is 0.0688. The minimum atomic E-state index is -0.946. The van der Waals surface area contributed by atoms with Crippen LogP contribution in [0.2, 0.25) is 5.02 Å². The van der Waals surface area contributed by atoms with Crippen LogP contribution in [-0.2, 0) is 0 Å². The normalized spacial score (nSPS) is 10.4. The summed E-state index contributed by atoms with van der Waals surface area (Å²) in [5.41, 5.74) is 1.02. The maximum absolute atomic E-state index is 11.0. The highest BCUT2D eigenvalue weighted by molar-refractivity contribution is 14.1. The molecular weight excluding hydrogens is 340 g/mol. The van der Waals surface area contributed by atoms with E-state index in [2.05, 4.69) is 22.6 Å². The van der Waals surface area contributed by atoms with Crippen LogP contribution >= 0.6 is 34.2 Å². The third kappa shape index (κ3) is 2.22. The number of hydrogen-bond acceptors (Lipinski definition) is 1. The molecule has 0 fully saturated rings. The fourth-order valence-corrected chi connectivity index (χ4v) is 2.11. The number of carboxylic acids is 1. The summed E-state index contributed by atoms with van der Waals surface area (Å²) in [4.78, 5) is 11.0. The zero-order chi connectivity index (χ0) is 11.7. The molecule has 0 spiro atoms. The van der Waals surface area contributed by atoms with Crippen molar-refractivity contribution in [1.29, 1.82) is 0 Å². The van der Waals surface area contributed by atoms with Crippen molar-refractivity contribution < 1.29 is 9.90 Å². The van der Waals surface area contributed by atoms with Gasteiger partial charge in [-0.05, 0) is 52.9 Å². The lowest BCUT2D eigenvalue weighted by atomic mass is 10.3. The topological polar surface area (TPSA) is 42.2 Å². The standard InChI is InChI=1S/C11H7ClINO2/c12-7-1-3-9(4-2-7)14-6-8(13)5-10(14)11(15)16/h1-6H,(H,15,16). The summed E-state index contributed by atoms with van der Waals surface area (Å²) in [5.74, 6) is -0.946. The second kappa shape index (κ2) is 4.47. The van der Waals surface area contributed by atoms with Crippen molar-refractivity contribution in [2.45, 2.75) is 0 Å². The fraction of sp³-hybridized carbons (Fsp3) is 0. The third-order valence-electron chi connectivity index (χ3n) is 2.11. The molecule has 0 aliphatic heterocycles. The molecule has 1 heterocycles. The van der Waals surface area contributed by atoms with Crippen molar-refractivity contribution >= 4 is 40.2 Å². The predicted molar refractivity (Wildman–Crippen MR) is 70.5 cm³/mol. The molecule has 0 saturated carbocycles. The predicted octanol–water partition coefficient (Wildman–Crippen LogP) is 3.43. The van der Waals surface area contributed by atoms with Crippen LogP contribution < -0.4 is 0 Å². The number of carbonyl (C=O) groups is 1. The maximum atomic E-state index is 11.0. The minimum Gasteiger partial charge on any atom is -0.477 e. The van der Waals surface area contributed by atoms with Crippen LogP contribution in [0.3, 0.4) is 0 Å². The Hall–Kier alpha value is -1.01. The Balaban J connectivity index is 2.55. The van der Waals surface area contributed by atoms with E-state index in [1.54, 1.807) is 41.1 Å². The average Bonchev–Trinajstić information content (AvgIpc) is 2.61. The molecule has 0 aliphatic carbocycles. The van der Waals surface area contributed by atoms with E-state index in [0.29, 0.717) is 5.02 Å². The molecule has 16 heavy (non-hydrogen) atoms. The van der Waals surface area contributed by atoms with Crippen molar-refractivity contribution in [3.63, 3.8) is 0 Å². The van der Waals surface area contributed by atoms with Gasteiger partial charge in [-0.3, -0.25) is 0 Å². The van der Waals surface area contributed by atoms with Crippen LogP contribution in [0.5, 0.6) is 0 Å². The van der Waals surface area contributed by atoms with Gasteiger partial charge in [0.1, 0.15) is 5.69 Å². The largest absolute Gasteiger partial charge is 0.477 e. The quantitative estimate of drug-likeness (QED) is 0.846. The molecule has 1 aromatic heterocycles. The number of aromatic carboxylic acids is 1. The monoisotopic (exact) mass is 347 g/mol. The molecule has 0 aliphatic rings. The van der Waals surface area contributed by atoms with E-state index < -0.39 is 5.97 Å². The van der Waals surface area contributed by atoms with E-state index in [1.807, 2.05) is 0 Å². The molecule has 0 amide bonds. The lowest BCUT2D eigenvalue weighted by Crippen LogP contribution is -2.05. The molecule has 5 heteroatoms. The van der Waals surface area contributed by atoms with Gasteiger partial charge >= 0.3 is 5.97 Å². The lowest BCUT2D eigenvalue weighted by Gasteiger charge is -2.05. The summed E-state index contributed by atoms with van der Waals surface area (Å²) in [6.45, 7) is 0. The van der Waals surface area contributed by atoms with Gasteiger partial charge in [0.05, 0.1) is 0 Å². The Bertz CT molecular complexity index is 533. The molecule has 82 valence electrons. The highest BCUT2D eigenvalue weighted by atomic mass is 127. The van der Waals surface area contributed by atoms with Gasteiger partial charge in [-0.1, -0.05) is 11.6 Å². The van der Waals surface area contributed by atoms with Crippen LogP contribution in [0.4, 0.5) is 0 Å². The molecule has 1 aromatic carbocycles. The summed E-state index contributed by atoms with van der Waals surface area (Å²) < 4.78 is 2.51. The zero-order valence-corrected chi connectivity index (χ0v) is 10.9. The van der Waals surface area contributed by atoms with Gasteiger partial charge in [0, 0.05) is 20.5 Å². The van der Waals surface area contributed by atoms with Crippen molar-refractivity contribution in [3.8, 4) is 5.69 Å². The molecule has 0 radical (unpaired) electrons. The van der Waals surface area contributed by atoms with Gasteiger partial charge in [-0.15, -0.1) is 0 Å². The van der Waals surface area contributed by atoms with Gasteiger partial charge in [0.25, 0.3) is 0 Å². The molecule has 0 bridgehead atoms. The van der Waals surface area contributed by atoms with Gasteiger partial charge in [0.2, 0.25) is 0 Å². The zero-order valence-electron chi connectivity index (χ0n) is 8.02. The summed E-state index contributed by atoms with van der Waals surface area (Å²) >= 11 is 7.86. The number of carboxylic acid groups (broad SMARTS) is 1. The summed E-state index contributed by atoms with van der Waals surface area (Å²) in [6, 6.07) is 8.65. The Morgan fingerprint density at radius 2 is 1.94 bits per heavy atom. The minimum absolute atomic E-state index is 0.242. The van der Waals surface area contributed by atoms with E-state index in [1.165, 1.54) is 0 Å². The molecule has 0 atom stereocenters.